The number of amides is 1. The van der Waals surface area contributed by atoms with Crippen molar-refractivity contribution in [1.82, 2.24) is 4.90 Å². The average Bonchev–Trinajstić information content (AvgIpc) is 2.56. The molecule has 0 fully saturated rings. The van der Waals surface area contributed by atoms with Crippen LogP contribution in [0.15, 0.2) is 46.9 Å². The highest BCUT2D eigenvalue weighted by Gasteiger charge is 2.20. The Balaban J connectivity index is 2.03. The molecule has 0 aliphatic rings. The third-order valence-corrected chi connectivity index (χ3v) is 4.20. The van der Waals surface area contributed by atoms with Crippen LogP contribution in [0.25, 0.3) is 0 Å². The standard InChI is InChI=1S/C19H22BrNO3/c1-13-5-8-17(9-6-13)24-14(2)19(22)21(3)12-15-11-16(20)7-10-18(15)23-4/h5-11,14H,12H2,1-4H3/t14-/m0/s1. The van der Waals surface area contributed by atoms with Gasteiger partial charge in [-0.3, -0.25) is 4.79 Å². The van der Waals surface area contributed by atoms with Gasteiger partial charge in [-0.05, 0) is 44.2 Å². The minimum atomic E-state index is -0.559. The topological polar surface area (TPSA) is 38.8 Å². The maximum absolute atomic E-state index is 12.6. The highest BCUT2D eigenvalue weighted by atomic mass is 79.9. The number of carbonyl (C=O) groups is 1. The Hall–Kier alpha value is -2.01. The first kappa shape index (κ1) is 18.3. The van der Waals surface area contributed by atoms with E-state index in [1.807, 2.05) is 49.4 Å². The number of likely N-dealkylation sites (N-methyl/N-ethyl adjacent to an activating group) is 1. The van der Waals surface area contributed by atoms with Crippen LogP contribution < -0.4 is 9.47 Å². The lowest BCUT2D eigenvalue weighted by Gasteiger charge is -2.23. The highest BCUT2D eigenvalue weighted by Crippen LogP contribution is 2.24. The van der Waals surface area contributed by atoms with Crippen molar-refractivity contribution in [2.45, 2.75) is 26.5 Å². The first-order chi connectivity index (χ1) is 11.4. The maximum atomic E-state index is 12.6. The van der Waals surface area contributed by atoms with Crippen molar-refractivity contribution in [3.05, 3.63) is 58.1 Å². The molecular weight excluding hydrogens is 370 g/mol. The molecule has 24 heavy (non-hydrogen) atoms. The van der Waals surface area contributed by atoms with Crippen LogP contribution in [0.3, 0.4) is 0 Å². The second-order valence-electron chi connectivity index (χ2n) is 5.72. The molecule has 0 aliphatic carbocycles. The van der Waals surface area contributed by atoms with E-state index in [4.69, 9.17) is 9.47 Å². The molecule has 0 saturated heterocycles. The monoisotopic (exact) mass is 391 g/mol. The fourth-order valence-electron chi connectivity index (χ4n) is 2.39. The summed E-state index contributed by atoms with van der Waals surface area (Å²) in [6, 6.07) is 13.4. The quantitative estimate of drug-likeness (QED) is 0.740. The summed E-state index contributed by atoms with van der Waals surface area (Å²) in [5, 5.41) is 0. The van der Waals surface area contributed by atoms with E-state index in [0.29, 0.717) is 12.3 Å². The predicted molar refractivity (Wildman–Crippen MR) is 98.4 cm³/mol. The number of nitrogens with zero attached hydrogens (tertiary/aromatic N) is 1. The first-order valence-electron chi connectivity index (χ1n) is 7.71. The van der Waals surface area contributed by atoms with Gasteiger partial charge in [0.1, 0.15) is 11.5 Å². The summed E-state index contributed by atoms with van der Waals surface area (Å²) in [4.78, 5) is 14.2. The number of ether oxygens (including phenoxy) is 2. The number of hydrogen-bond donors (Lipinski definition) is 0. The van der Waals surface area contributed by atoms with E-state index < -0.39 is 6.10 Å². The van der Waals surface area contributed by atoms with Crippen molar-refractivity contribution < 1.29 is 14.3 Å². The van der Waals surface area contributed by atoms with Crippen molar-refractivity contribution in [2.24, 2.45) is 0 Å². The molecule has 128 valence electrons. The number of methoxy groups -OCH3 is 1. The zero-order valence-electron chi connectivity index (χ0n) is 14.4. The average molecular weight is 392 g/mol. The molecule has 5 heteroatoms. The molecule has 0 spiro atoms. The molecule has 0 aromatic heterocycles. The van der Waals surface area contributed by atoms with Gasteiger partial charge in [-0.1, -0.05) is 33.6 Å². The molecule has 0 saturated carbocycles. The summed E-state index contributed by atoms with van der Waals surface area (Å²) in [5.74, 6) is 1.36. The van der Waals surface area contributed by atoms with Gasteiger partial charge < -0.3 is 14.4 Å². The molecule has 0 N–H and O–H groups in total. The lowest BCUT2D eigenvalue weighted by molar-refractivity contribution is -0.137. The first-order valence-corrected chi connectivity index (χ1v) is 8.50. The van der Waals surface area contributed by atoms with Gasteiger partial charge in [-0.25, -0.2) is 0 Å². The summed E-state index contributed by atoms with van der Waals surface area (Å²) in [6.07, 6.45) is -0.559. The Bertz CT molecular complexity index is 700. The van der Waals surface area contributed by atoms with Crippen molar-refractivity contribution in [2.75, 3.05) is 14.2 Å². The maximum Gasteiger partial charge on any atom is 0.263 e. The lowest BCUT2D eigenvalue weighted by Crippen LogP contribution is -2.37. The molecule has 0 heterocycles. The summed E-state index contributed by atoms with van der Waals surface area (Å²) in [7, 11) is 3.38. The lowest BCUT2D eigenvalue weighted by atomic mass is 10.2. The van der Waals surface area contributed by atoms with E-state index in [2.05, 4.69) is 15.9 Å². The van der Waals surface area contributed by atoms with Crippen LogP contribution in [0.4, 0.5) is 0 Å². The second-order valence-corrected chi connectivity index (χ2v) is 6.64. The van der Waals surface area contributed by atoms with Gasteiger partial charge in [0.25, 0.3) is 5.91 Å². The molecule has 4 nitrogen and oxygen atoms in total. The van der Waals surface area contributed by atoms with Crippen molar-refractivity contribution >= 4 is 21.8 Å². The minimum Gasteiger partial charge on any atom is -0.496 e. The largest absolute Gasteiger partial charge is 0.496 e. The SMILES string of the molecule is COc1ccc(Br)cc1CN(C)C(=O)[C@H](C)Oc1ccc(C)cc1. The summed E-state index contributed by atoms with van der Waals surface area (Å²) >= 11 is 3.45. The van der Waals surface area contributed by atoms with E-state index >= 15 is 0 Å². The fourth-order valence-corrected chi connectivity index (χ4v) is 2.79. The van der Waals surface area contributed by atoms with Crippen LogP contribution in [0.5, 0.6) is 11.5 Å². The molecule has 0 radical (unpaired) electrons. The molecule has 2 aromatic carbocycles. The van der Waals surface area contributed by atoms with Gasteiger partial charge in [0.05, 0.1) is 7.11 Å². The molecule has 1 atom stereocenters. The molecule has 0 bridgehead atoms. The van der Waals surface area contributed by atoms with Gasteiger partial charge in [-0.15, -0.1) is 0 Å². The Labute approximate surface area is 151 Å². The predicted octanol–water partition coefficient (Wildman–Crippen LogP) is 4.19. The molecule has 1 amide bonds. The van der Waals surface area contributed by atoms with Crippen LogP contribution >= 0.6 is 15.9 Å². The van der Waals surface area contributed by atoms with Crippen LogP contribution in [0.1, 0.15) is 18.1 Å². The number of aryl methyl sites for hydroxylation is 1. The third kappa shape index (κ3) is 4.74. The summed E-state index contributed by atoms with van der Waals surface area (Å²) < 4.78 is 12.0. The Morgan fingerprint density at radius 2 is 1.88 bits per heavy atom. The molecule has 2 aromatic rings. The van der Waals surface area contributed by atoms with Crippen molar-refractivity contribution in [3.63, 3.8) is 0 Å². The van der Waals surface area contributed by atoms with Gasteiger partial charge >= 0.3 is 0 Å². The molecule has 0 aliphatic heterocycles. The Morgan fingerprint density at radius 3 is 2.50 bits per heavy atom. The van der Waals surface area contributed by atoms with E-state index in [9.17, 15) is 4.79 Å². The number of halogens is 1. The van der Waals surface area contributed by atoms with Gasteiger partial charge in [0.15, 0.2) is 6.10 Å². The number of rotatable bonds is 6. The van der Waals surface area contributed by atoms with Crippen LogP contribution in [-0.2, 0) is 11.3 Å². The highest BCUT2D eigenvalue weighted by molar-refractivity contribution is 9.10. The van der Waals surface area contributed by atoms with E-state index in [0.717, 1.165) is 21.3 Å². The zero-order valence-corrected chi connectivity index (χ0v) is 16.0. The molecule has 2 rings (SSSR count). The van der Waals surface area contributed by atoms with Crippen molar-refractivity contribution in [1.29, 1.82) is 0 Å². The third-order valence-electron chi connectivity index (χ3n) is 3.71. The van der Waals surface area contributed by atoms with Gasteiger partial charge in [-0.2, -0.15) is 0 Å². The van der Waals surface area contributed by atoms with Crippen LogP contribution in [-0.4, -0.2) is 31.1 Å². The fraction of sp³-hybridized carbons (Fsp3) is 0.316. The van der Waals surface area contributed by atoms with Crippen LogP contribution in [0.2, 0.25) is 0 Å². The van der Waals surface area contributed by atoms with Crippen molar-refractivity contribution in [3.8, 4) is 11.5 Å². The summed E-state index contributed by atoms with van der Waals surface area (Å²) in [6.45, 7) is 4.22. The number of benzene rings is 2. The molecular formula is C19H22BrNO3. The Morgan fingerprint density at radius 1 is 1.21 bits per heavy atom. The summed E-state index contributed by atoms with van der Waals surface area (Å²) in [5.41, 5.74) is 2.09. The van der Waals surface area contributed by atoms with Gasteiger partial charge in [0, 0.05) is 23.6 Å². The second kappa shape index (κ2) is 8.20. The normalized spacial score (nSPS) is 11.7. The number of hydrogen-bond acceptors (Lipinski definition) is 3. The Kier molecular flexibility index (Phi) is 6.26. The van der Waals surface area contributed by atoms with E-state index in [-0.39, 0.29) is 5.91 Å². The number of carbonyl (C=O) groups excluding carboxylic acids is 1. The smallest absolute Gasteiger partial charge is 0.263 e. The van der Waals surface area contributed by atoms with E-state index in [1.165, 1.54) is 0 Å². The van der Waals surface area contributed by atoms with E-state index in [1.54, 1.807) is 26.0 Å². The molecule has 0 unspecified atom stereocenters. The minimum absolute atomic E-state index is 0.0856. The van der Waals surface area contributed by atoms with Crippen LogP contribution in [0, 0.1) is 6.92 Å². The van der Waals surface area contributed by atoms with Gasteiger partial charge in [0.2, 0.25) is 0 Å². The zero-order chi connectivity index (χ0) is 17.7.